The Balaban J connectivity index is 1.50. The molecule has 0 unspecified atom stereocenters. The lowest BCUT2D eigenvalue weighted by atomic mass is 10.0. The van der Waals surface area contributed by atoms with Gasteiger partial charge in [0.1, 0.15) is 6.26 Å². The molecule has 35 heavy (non-hydrogen) atoms. The molecule has 0 radical (unpaired) electrons. The van der Waals surface area contributed by atoms with Crippen molar-refractivity contribution in [3.05, 3.63) is 88.6 Å². The number of aromatic nitrogens is 1. The summed E-state index contributed by atoms with van der Waals surface area (Å²) in [6.45, 7) is 11.3. The van der Waals surface area contributed by atoms with E-state index >= 15 is 0 Å². The average Bonchev–Trinajstić information content (AvgIpc) is 3.33. The zero-order valence-electron chi connectivity index (χ0n) is 21.0. The minimum atomic E-state index is -0.153. The first kappa shape index (κ1) is 24.7. The molecule has 1 fully saturated rings. The van der Waals surface area contributed by atoms with Crippen LogP contribution in [-0.2, 0) is 17.9 Å². The van der Waals surface area contributed by atoms with Gasteiger partial charge in [-0.3, -0.25) is 14.5 Å². The van der Waals surface area contributed by atoms with Gasteiger partial charge in [0.05, 0.1) is 6.54 Å². The van der Waals surface area contributed by atoms with Gasteiger partial charge in [-0.25, -0.2) is 4.98 Å². The Morgan fingerprint density at radius 2 is 1.69 bits per heavy atom. The predicted molar refractivity (Wildman–Crippen MR) is 135 cm³/mol. The number of rotatable bonds is 7. The highest BCUT2D eigenvalue weighted by molar-refractivity contribution is 5.92. The van der Waals surface area contributed by atoms with Crippen LogP contribution in [0.4, 0.5) is 0 Å². The second kappa shape index (κ2) is 10.9. The van der Waals surface area contributed by atoms with Crippen molar-refractivity contribution in [1.82, 2.24) is 19.7 Å². The molecule has 3 aromatic rings. The van der Waals surface area contributed by atoms with Crippen LogP contribution in [0.15, 0.2) is 59.2 Å². The predicted octanol–water partition coefficient (Wildman–Crippen LogP) is 4.36. The fourth-order valence-electron chi connectivity index (χ4n) is 4.56. The Morgan fingerprint density at radius 1 is 1.00 bits per heavy atom. The van der Waals surface area contributed by atoms with Gasteiger partial charge in [0.25, 0.3) is 5.91 Å². The summed E-state index contributed by atoms with van der Waals surface area (Å²) in [5.41, 5.74) is 5.28. The van der Waals surface area contributed by atoms with E-state index in [1.165, 1.54) is 28.5 Å². The van der Waals surface area contributed by atoms with Gasteiger partial charge in [-0.15, -0.1) is 0 Å². The summed E-state index contributed by atoms with van der Waals surface area (Å²) in [5.74, 6) is 0.403. The van der Waals surface area contributed by atoms with Gasteiger partial charge in [0.2, 0.25) is 11.8 Å². The molecule has 1 atom stereocenters. The SMILES string of the molecule is CC(=O)N1CCN(C(=O)c2coc(CN(Cc3ccc(C)cc3C)[C@H](C)c3ccccc3)n2)CC1. The number of hydrogen-bond acceptors (Lipinski definition) is 5. The quantitative estimate of drug-likeness (QED) is 0.509. The van der Waals surface area contributed by atoms with Crippen molar-refractivity contribution in [3.63, 3.8) is 0 Å². The van der Waals surface area contributed by atoms with E-state index in [2.05, 4.69) is 73.1 Å². The number of carbonyl (C=O) groups excluding carboxylic acids is 2. The van der Waals surface area contributed by atoms with Crippen molar-refractivity contribution in [2.45, 2.75) is 46.8 Å². The highest BCUT2D eigenvalue weighted by atomic mass is 16.3. The topological polar surface area (TPSA) is 69.9 Å². The van der Waals surface area contributed by atoms with E-state index < -0.39 is 0 Å². The van der Waals surface area contributed by atoms with Crippen LogP contribution in [0, 0.1) is 13.8 Å². The Kier molecular flexibility index (Phi) is 7.66. The van der Waals surface area contributed by atoms with Gasteiger partial charge in [-0.05, 0) is 37.5 Å². The third-order valence-electron chi connectivity index (χ3n) is 6.82. The number of hydrogen-bond donors (Lipinski definition) is 0. The maximum atomic E-state index is 13.0. The van der Waals surface area contributed by atoms with Crippen molar-refractivity contribution in [2.24, 2.45) is 0 Å². The standard InChI is InChI=1S/C28H34N4O3/c1-20-10-11-25(21(2)16-20)17-32(22(3)24-8-6-5-7-9-24)18-27-29-26(19-35-27)28(34)31-14-12-30(13-15-31)23(4)33/h5-11,16,19,22H,12-15,17-18H2,1-4H3/t22-/m1/s1. The summed E-state index contributed by atoms with van der Waals surface area (Å²) in [5, 5.41) is 0. The first-order chi connectivity index (χ1) is 16.8. The van der Waals surface area contributed by atoms with Gasteiger partial charge >= 0.3 is 0 Å². The fourth-order valence-corrected chi connectivity index (χ4v) is 4.56. The normalized spacial score (nSPS) is 14.9. The Hall–Kier alpha value is -3.45. The molecule has 0 spiro atoms. The third-order valence-corrected chi connectivity index (χ3v) is 6.82. The lowest BCUT2D eigenvalue weighted by molar-refractivity contribution is -0.130. The monoisotopic (exact) mass is 474 g/mol. The van der Waals surface area contributed by atoms with Gasteiger partial charge in [0.15, 0.2) is 5.69 Å². The van der Waals surface area contributed by atoms with Crippen LogP contribution in [0.5, 0.6) is 0 Å². The number of aryl methyl sites for hydroxylation is 2. The van der Waals surface area contributed by atoms with Crippen molar-refractivity contribution in [3.8, 4) is 0 Å². The molecule has 2 aromatic carbocycles. The number of piperazine rings is 1. The zero-order chi connectivity index (χ0) is 24.9. The van der Waals surface area contributed by atoms with Crippen LogP contribution in [0.3, 0.4) is 0 Å². The fraction of sp³-hybridized carbons (Fsp3) is 0.393. The number of carbonyl (C=O) groups is 2. The lowest BCUT2D eigenvalue weighted by Gasteiger charge is -2.33. The molecule has 2 heterocycles. The Morgan fingerprint density at radius 3 is 2.34 bits per heavy atom. The van der Waals surface area contributed by atoms with Crippen LogP contribution in [0.25, 0.3) is 0 Å². The maximum Gasteiger partial charge on any atom is 0.275 e. The van der Waals surface area contributed by atoms with Crippen molar-refractivity contribution < 1.29 is 14.0 Å². The molecular weight excluding hydrogens is 440 g/mol. The van der Waals surface area contributed by atoms with Crippen LogP contribution < -0.4 is 0 Å². The second-order valence-electron chi connectivity index (χ2n) is 9.35. The highest BCUT2D eigenvalue weighted by Gasteiger charge is 2.26. The van der Waals surface area contributed by atoms with E-state index in [1.54, 1.807) is 16.7 Å². The van der Waals surface area contributed by atoms with Crippen LogP contribution in [0.1, 0.15) is 58.5 Å². The summed E-state index contributed by atoms with van der Waals surface area (Å²) >= 11 is 0. The summed E-state index contributed by atoms with van der Waals surface area (Å²) < 4.78 is 5.77. The molecule has 1 aliphatic rings. The molecule has 1 saturated heterocycles. The second-order valence-corrected chi connectivity index (χ2v) is 9.35. The van der Waals surface area contributed by atoms with Crippen LogP contribution >= 0.6 is 0 Å². The molecule has 7 nitrogen and oxygen atoms in total. The summed E-state index contributed by atoms with van der Waals surface area (Å²) in [6.07, 6.45) is 1.46. The highest BCUT2D eigenvalue weighted by Crippen LogP contribution is 2.26. The van der Waals surface area contributed by atoms with Gasteiger partial charge in [-0.2, -0.15) is 0 Å². The summed E-state index contributed by atoms with van der Waals surface area (Å²) in [4.78, 5) is 34.9. The van der Waals surface area contributed by atoms with Crippen molar-refractivity contribution >= 4 is 11.8 Å². The van der Waals surface area contributed by atoms with Gasteiger partial charge < -0.3 is 14.2 Å². The van der Waals surface area contributed by atoms with Gasteiger partial charge in [-0.1, -0.05) is 54.1 Å². The molecule has 1 aliphatic heterocycles. The lowest BCUT2D eigenvalue weighted by Crippen LogP contribution is -2.50. The Bertz CT molecular complexity index is 1170. The smallest absolute Gasteiger partial charge is 0.275 e. The minimum absolute atomic E-state index is 0.0391. The number of benzene rings is 2. The largest absolute Gasteiger partial charge is 0.447 e. The first-order valence-corrected chi connectivity index (χ1v) is 12.2. The average molecular weight is 475 g/mol. The molecule has 1 aromatic heterocycles. The van der Waals surface area contributed by atoms with Crippen molar-refractivity contribution in [2.75, 3.05) is 26.2 Å². The van der Waals surface area contributed by atoms with E-state index in [9.17, 15) is 9.59 Å². The third kappa shape index (κ3) is 5.98. The van der Waals surface area contributed by atoms with Gasteiger partial charge in [0, 0.05) is 45.7 Å². The Labute approximate surface area is 207 Å². The van der Waals surface area contributed by atoms with Crippen LogP contribution in [0.2, 0.25) is 0 Å². The van der Waals surface area contributed by atoms with E-state index in [0.29, 0.717) is 44.3 Å². The molecule has 7 heteroatoms. The van der Waals surface area contributed by atoms with E-state index in [0.717, 1.165) is 6.54 Å². The maximum absolute atomic E-state index is 13.0. The van der Waals surface area contributed by atoms with Crippen molar-refractivity contribution in [1.29, 1.82) is 0 Å². The number of oxazole rings is 1. The molecule has 0 aliphatic carbocycles. The zero-order valence-corrected chi connectivity index (χ0v) is 21.0. The molecule has 4 rings (SSSR count). The molecule has 0 N–H and O–H groups in total. The molecule has 0 bridgehead atoms. The summed E-state index contributed by atoms with van der Waals surface area (Å²) in [7, 11) is 0. The molecular formula is C28H34N4O3. The van der Waals surface area contributed by atoms with E-state index in [-0.39, 0.29) is 17.9 Å². The molecule has 2 amide bonds. The number of amides is 2. The van der Waals surface area contributed by atoms with E-state index in [4.69, 9.17) is 4.42 Å². The first-order valence-electron chi connectivity index (χ1n) is 12.2. The number of nitrogens with zero attached hydrogens (tertiary/aromatic N) is 4. The minimum Gasteiger partial charge on any atom is -0.447 e. The molecule has 184 valence electrons. The van der Waals surface area contributed by atoms with E-state index in [1.807, 2.05) is 6.07 Å². The molecule has 0 saturated carbocycles. The van der Waals surface area contributed by atoms with Crippen LogP contribution in [-0.4, -0.2) is 57.7 Å². The summed E-state index contributed by atoms with van der Waals surface area (Å²) in [6, 6.07) is 17.0.